The molecule has 3 heterocycles. The molecular weight excluding hydrogens is 370 g/mol. The lowest BCUT2D eigenvalue weighted by Crippen LogP contribution is -2.47. The lowest BCUT2D eigenvalue weighted by molar-refractivity contribution is -0.0177. The van der Waals surface area contributed by atoms with Gasteiger partial charge in [0.25, 0.3) is 0 Å². The van der Waals surface area contributed by atoms with Gasteiger partial charge in [0.05, 0.1) is 25.4 Å². The number of hydrogen-bond acceptors (Lipinski definition) is 6. The Hall–Kier alpha value is -3.13. The van der Waals surface area contributed by atoms with Crippen LogP contribution in [0.5, 0.6) is 0 Å². The van der Waals surface area contributed by atoms with Gasteiger partial charge >= 0.3 is 6.03 Å². The summed E-state index contributed by atoms with van der Waals surface area (Å²) in [6, 6.07) is 9.57. The van der Waals surface area contributed by atoms with Crippen molar-refractivity contribution < 1.29 is 13.9 Å². The van der Waals surface area contributed by atoms with Gasteiger partial charge in [0.15, 0.2) is 0 Å². The summed E-state index contributed by atoms with van der Waals surface area (Å²) in [4.78, 5) is 25.1. The van der Waals surface area contributed by atoms with Crippen LogP contribution in [0.4, 0.5) is 10.7 Å². The molecule has 4 rings (SSSR count). The Labute approximate surface area is 169 Å². The summed E-state index contributed by atoms with van der Waals surface area (Å²) >= 11 is 0. The van der Waals surface area contributed by atoms with Gasteiger partial charge in [0.2, 0.25) is 5.95 Å². The quantitative estimate of drug-likeness (QED) is 0.731. The molecule has 2 aromatic heterocycles. The second kappa shape index (κ2) is 8.08. The molecule has 29 heavy (non-hydrogen) atoms. The van der Waals surface area contributed by atoms with E-state index in [2.05, 4.69) is 15.3 Å². The number of nitrogens with one attached hydrogen (secondary N) is 1. The van der Waals surface area contributed by atoms with Crippen LogP contribution >= 0.6 is 0 Å². The van der Waals surface area contributed by atoms with Crippen LogP contribution in [0.15, 0.2) is 40.9 Å². The molecule has 0 radical (unpaired) electrons. The third kappa shape index (κ3) is 4.02. The fourth-order valence-corrected chi connectivity index (χ4v) is 3.43. The van der Waals surface area contributed by atoms with Gasteiger partial charge in [-0.1, -0.05) is 18.2 Å². The maximum atomic E-state index is 12.7. The average Bonchev–Trinajstić information content (AvgIpc) is 3.08. The molecule has 8 nitrogen and oxygen atoms in total. The molecule has 3 aromatic rings. The van der Waals surface area contributed by atoms with Crippen molar-refractivity contribution in [2.45, 2.75) is 19.6 Å². The van der Waals surface area contributed by atoms with E-state index in [1.54, 1.807) is 11.1 Å². The first-order valence-electron chi connectivity index (χ1n) is 9.64. The highest BCUT2D eigenvalue weighted by Gasteiger charge is 2.27. The molecule has 1 aromatic carbocycles. The van der Waals surface area contributed by atoms with Crippen LogP contribution in [-0.2, 0) is 11.3 Å². The number of aryl methyl sites for hydroxylation is 1. The van der Waals surface area contributed by atoms with Crippen molar-refractivity contribution in [1.82, 2.24) is 20.2 Å². The van der Waals surface area contributed by atoms with Crippen LogP contribution in [0, 0.1) is 6.92 Å². The number of furan rings is 1. The number of fused-ring (bicyclic) bond motifs is 1. The highest BCUT2D eigenvalue weighted by Crippen LogP contribution is 2.25. The van der Waals surface area contributed by atoms with E-state index in [4.69, 9.17) is 9.15 Å². The number of nitrogens with zero attached hydrogens (tertiary/aromatic N) is 4. The van der Waals surface area contributed by atoms with Crippen LogP contribution in [0.3, 0.4) is 0 Å². The zero-order valence-corrected chi connectivity index (χ0v) is 16.9. The second-order valence-corrected chi connectivity index (χ2v) is 7.29. The Morgan fingerprint density at radius 3 is 2.93 bits per heavy atom. The van der Waals surface area contributed by atoms with Gasteiger partial charge in [-0.05, 0) is 19.1 Å². The van der Waals surface area contributed by atoms with Crippen molar-refractivity contribution in [2.75, 3.05) is 38.7 Å². The number of benzene rings is 1. The fraction of sp³-hybridized carbons (Fsp3) is 0.381. The van der Waals surface area contributed by atoms with Gasteiger partial charge in [0.1, 0.15) is 17.4 Å². The maximum absolute atomic E-state index is 12.7. The summed E-state index contributed by atoms with van der Waals surface area (Å²) in [6.07, 6.45) is 1.44. The van der Waals surface area contributed by atoms with E-state index in [1.165, 1.54) is 0 Å². The van der Waals surface area contributed by atoms with E-state index in [0.29, 0.717) is 32.2 Å². The number of ether oxygens (including phenoxy) is 1. The van der Waals surface area contributed by atoms with Gasteiger partial charge in [-0.3, -0.25) is 0 Å². The Morgan fingerprint density at radius 2 is 2.14 bits per heavy atom. The van der Waals surface area contributed by atoms with Gasteiger partial charge in [-0.2, -0.15) is 0 Å². The molecule has 1 atom stereocenters. The van der Waals surface area contributed by atoms with Crippen molar-refractivity contribution in [3.8, 4) is 0 Å². The minimum Gasteiger partial charge on any atom is -0.459 e. The molecule has 152 valence electrons. The minimum atomic E-state index is -0.274. The molecule has 1 aliphatic heterocycles. The summed E-state index contributed by atoms with van der Waals surface area (Å²) in [5.74, 6) is 1.39. The molecule has 1 fully saturated rings. The summed E-state index contributed by atoms with van der Waals surface area (Å²) in [5, 5.41) is 4.04. The number of rotatable bonds is 4. The number of urea groups is 1. The number of carbonyl (C=O) groups is 1. The zero-order valence-electron chi connectivity index (χ0n) is 16.9. The second-order valence-electron chi connectivity index (χ2n) is 7.29. The topological polar surface area (TPSA) is 83.7 Å². The van der Waals surface area contributed by atoms with Gasteiger partial charge in [-0.15, -0.1) is 0 Å². The first-order valence-corrected chi connectivity index (χ1v) is 9.64. The van der Waals surface area contributed by atoms with Crippen LogP contribution < -0.4 is 10.2 Å². The number of carbonyl (C=O) groups excluding carboxylic acids is 1. The lowest BCUT2D eigenvalue weighted by Gasteiger charge is -2.32. The van der Waals surface area contributed by atoms with E-state index in [0.717, 1.165) is 28.0 Å². The number of para-hydroxylation sites is 1. The highest BCUT2D eigenvalue weighted by atomic mass is 16.5. The number of amides is 2. The molecule has 2 amide bonds. The Bertz CT molecular complexity index is 1020. The lowest BCUT2D eigenvalue weighted by atomic mass is 10.1. The smallest absolute Gasteiger partial charge is 0.317 e. The SMILES string of the molecule is Cc1c(CNC(=O)N2CCOC(c3ccnc(N(C)C)n3)C2)oc2ccccc12. The largest absolute Gasteiger partial charge is 0.459 e. The molecule has 0 aliphatic carbocycles. The Morgan fingerprint density at radius 1 is 1.31 bits per heavy atom. The molecule has 1 N–H and O–H groups in total. The van der Waals surface area contributed by atoms with Crippen LogP contribution in [0.2, 0.25) is 0 Å². The van der Waals surface area contributed by atoms with Crippen molar-refractivity contribution in [2.24, 2.45) is 0 Å². The third-order valence-electron chi connectivity index (χ3n) is 5.09. The van der Waals surface area contributed by atoms with E-state index in [-0.39, 0.29) is 12.1 Å². The summed E-state index contributed by atoms with van der Waals surface area (Å²) in [6.45, 7) is 3.79. The molecule has 1 saturated heterocycles. The molecule has 0 bridgehead atoms. The van der Waals surface area contributed by atoms with Crippen molar-refractivity contribution in [3.63, 3.8) is 0 Å². The average molecular weight is 395 g/mol. The van der Waals surface area contributed by atoms with Crippen molar-refractivity contribution in [3.05, 3.63) is 53.5 Å². The summed E-state index contributed by atoms with van der Waals surface area (Å²) in [7, 11) is 3.78. The van der Waals surface area contributed by atoms with Crippen LogP contribution in [-0.4, -0.2) is 54.7 Å². The standard InChI is InChI=1S/C21H25N5O3/c1-14-15-6-4-5-7-17(15)29-18(14)12-23-21(27)26-10-11-28-19(13-26)16-8-9-22-20(24-16)25(2)3/h4-9,19H,10-13H2,1-3H3,(H,23,27). The van der Waals surface area contributed by atoms with Crippen molar-refractivity contribution >= 4 is 22.9 Å². The first kappa shape index (κ1) is 19.2. The fourth-order valence-electron chi connectivity index (χ4n) is 3.43. The van der Waals surface area contributed by atoms with Crippen molar-refractivity contribution in [1.29, 1.82) is 0 Å². The van der Waals surface area contributed by atoms with Crippen LogP contribution in [0.25, 0.3) is 11.0 Å². The predicted octanol–water partition coefficient (Wildman–Crippen LogP) is 2.88. The first-order chi connectivity index (χ1) is 14.0. The van der Waals surface area contributed by atoms with E-state index in [9.17, 15) is 4.79 Å². The molecule has 1 unspecified atom stereocenters. The Kier molecular flexibility index (Phi) is 5.35. The Balaban J connectivity index is 1.41. The molecule has 8 heteroatoms. The van der Waals surface area contributed by atoms with Gasteiger partial charge < -0.3 is 24.3 Å². The number of anilines is 1. The molecular formula is C21H25N5O3. The normalized spacial score (nSPS) is 16.8. The summed E-state index contributed by atoms with van der Waals surface area (Å²) in [5.41, 5.74) is 2.66. The molecule has 1 aliphatic rings. The van der Waals surface area contributed by atoms with Gasteiger partial charge in [0, 0.05) is 37.8 Å². The monoisotopic (exact) mass is 395 g/mol. The van der Waals surface area contributed by atoms with Crippen LogP contribution in [0.1, 0.15) is 23.1 Å². The summed E-state index contributed by atoms with van der Waals surface area (Å²) < 4.78 is 11.7. The van der Waals surface area contributed by atoms with Gasteiger partial charge in [-0.25, -0.2) is 14.8 Å². The predicted molar refractivity (Wildman–Crippen MR) is 110 cm³/mol. The van der Waals surface area contributed by atoms with E-state index in [1.807, 2.05) is 56.3 Å². The van der Waals surface area contributed by atoms with E-state index >= 15 is 0 Å². The zero-order chi connectivity index (χ0) is 20.4. The maximum Gasteiger partial charge on any atom is 0.317 e. The molecule has 0 spiro atoms. The minimum absolute atomic E-state index is 0.139. The number of hydrogen-bond donors (Lipinski definition) is 1. The molecule has 0 saturated carbocycles. The third-order valence-corrected chi connectivity index (χ3v) is 5.09. The highest BCUT2D eigenvalue weighted by molar-refractivity contribution is 5.82. The number of morpholine rings is 1. The van der Waals surface area contributed by atoms with E-state index < -0.39 is 0 Å². The number of aromatic nitrogens is 2.